The molecule has 2 aromatic heterocycles. The molecule has 1 fully saturated rings. The number of aryl methyl sites for hydroxylation is 1. The lowest BCUT2D eigenvalue weighted by Crippen LogP contribution is -2.47. The zero-order chi connectivity index (χ0) is 17.1. The third-order valence-electron chi connectivity index (χ3n) is 4.89. The fourth-order valence-electron chi connectivity index (χ4n) is 3.38. The molecular weight excluding hydrogens is 338 g/mol. The molecule has 8 heteroatoms. The number of piperazine rings is 1. The Hall–Kier alpha value is -1.64. The summed E-state index contributed by atoms with van der Waals surface area (Å²) in [4.78, 5) is 17.1. The maximum atomic E-state index is 12.2. The molecule has 0 saturated carbocycles. The molecular formula is C17H23N5O2S. The van der Waals surface area contributed by atoms with Crippen molar-refractivity contribution in [2.45, 2.75) is 25.3 Å². The molecule has 0 bridgehead atoms. The molecule has 0 aromatic carbocycles. The largest absolute Gasteiger partial charge is 0.364 e. The zero-order valence-electron chi connectivity index (χ0n) is 14.3. The van der Waals surface area contributed by atoms with Crippen LogP contribution in [0.2, 0.25) is 0 Å². The first kappa shape index (κ1) is 16.8. The zero-order valence-corrected chi connectivity index (χ0v) is 15.1. The van der Waals surface area contributed by atoms with Gasteiger partial charge in [0.2, 0.25) is 0 Å². The van der Waals surface area contributed by atoms with Crippen LogP contribution in [0.3, 0.4) is 0 Å². The molecule has 0 radical (unpaired) electrons. The lowest BCUT2D eigenvalue weighted by Gasteiger charge is -2.34. The summed E-state index contributed by atoms with van der Waals surface area (Å²) in [5, 5.41) is 8.35. The summed E-state index contributed by atoms with van der Waals surface area (Å²) in [7, 11) is 0. The minimum atomic E-state index is 0.0346. The number of nitrogens with zero attached hydrogens (tertiary/aromatic N) is 5. The van der Waals surface area contributed by atoms with Crippen LogP contribution in [0, 0.1) is 0 Å². The SMILES string of the molecule is O=c1cc2c(nn1CCN1CCN(Cc3cnoc3)CC1)CCSC2. The predicted molar refractivity (Wildman–Crippen MR) is 96.6 cm³/mol. The van der Waals surface area contributed by atoms with E-state index in [4.69, 9.17) is 4.52 Å². The second kappa shape index (κ2) is 7.72. The van der Waals surface area contributed by atoms with E-state index in [0.29, 0.717) is 6.54 Å². The Kier molecular flexibility index (Phi) is 5.19. The van der Waals surface area contributed by atoms with Crippen LogP contribution in [0.5, 0.6) is 0 Å². The Balaban J connectivity index is 1.29. The van der Waals surface area contributed by atoms with E-state index in [1.807, 2.05) is 11.8 Å². The molecule has 1 saturated heterocycles. The second-order valence-electron chi connectivity index (χ2n) is 6.63. The maximum Gasteiger partial charge on any atom is 0.267 e. The smallest absolute Gasteiger partial charge is 0.267 e. The summed E-state index contributed by atoms with van der Waals surface area (Å²) in [5.41, 5.74) is 3.39. The average molecular weight is 361 g/mol. The molecule has 0 aliphatic carbocycles. The van der Waals surface area contributed by atoms with E-state index in [-0.39, 0.29) is 5.56 Å². The van der Waals surface area contributed by atoms with Gasteiger partial charge in [0.1, 0.15) is 6.26 Å². The van der Waals surface area contributed by atoms with Gasteiger partial charge in [-0.15, -0.1) is 0 Å². The van der Waals surface area contributed by atoms with Crippen LogP contribution in [0.4, 0.5) is 0 Å². The first-order valence-corrected chi connectivity index (χ1v) is 9.94. The van der Waals surface area contributed by atoms with Gasteiger partial charge < -0.3 is 4.52 Å². The number of fused-ring (bicyclic) bond motifs is 1. The van der Waals surface area contributed by atoms with Crippen LogP contribution >= 0.6 is 11.8 Å². The summed E-state index contributed by atoms with van der Waals surface area (Å²) in [6.07, 6.45) is 4.46. The van der Waals surface area contributed by atoms with Crippen molar-refractivity contribution in [1.82, 2.24) is 24.7 Å². The van der Waals surface area contributed by atoms with Gasteiger partial charge in [-0.1, -0.05) is 5.16 Å². The van der Waals surface area contributed by atoms with Crippen molar-refractivity contribution in [2.24, 2.45) is 0 Å². The summed E-state index contributed by atoms with van der Waals surface area (Å²) in [6, 6.07) is 1.78. The van der Waals surface area contributed by atoms with Gasteiger partial charge in [0.05, 0.1) is 18.4 Å². The summed E-state index contributed by atoms with van der Waals surface area (Å²) >= 11 is 1.88. The normalized spacial score (nSPS) is 19.0. The highest BCUT2D eigenvalue weighted by Gasteiger charge is 2.18. The Labute approximate surface area is 151 Å². The highest BCUT2D eigenvalue weighted by Crippen LogP contribution is 2.21. The van der Waals surface area contributed by atoms with E-state index >= 15 is 0 Å². The molecule has 0 N–H and O–H groups in total. The third-order valence-corrected chi connectivity index (χ3v) is 5.90. The van der Waals surface area contributed by atoms with Crippen LogP contribution in [0.1, 0.15) is 16.8 Å². The average Bonchev–Trinajstić information content (AvgIpc) is 3.14. The van der Waals surface area contributed by atoms with Crippen LogP contribution in [0.25, 0.3) is 0 Å². The minimum Gasteiger partial charge on any atom is -0.364 e. The van der Waals surface area contributed by atoms with Crippen LogP contribution < -0.4 is 5.56 Å². The molecule has 4 rings (SSSR count). The van der Waals surface area contributed by atoms with Crippen molar-refractivity contribution >= 4 is 11.8 Å². The summed E-state index contributed by atoms with van der Waals surface area (Å²) in [6.45, 7) is 6.51. The molecule has 7 nitrogen and oxygen atoms in total. The third kappa shape index (κ3) is 4.13. The molecule has 2 aliphatic rings. The van der Waals surface area contributed by atoms with Crippen LogP contribution in [0.15, 0.2) is 27.8 Å². The van der Waals surface area contributed by atoms with E-state index in [1.54, 1.807) is 23.2 Å². The molecule has 25 heavy (non-hydrogen) atoms. The van der Waals surface area contributed by atoms with Crippen molar-refractivity contribution in [3.8, 4) is 0 Å². The van der Waals surface area contributed by atoms with Crippen molar-refractivity contribution in [1.29, 1.82) is 0 Å². The van der Waals surface area contributed by atoms with Crippen molar-refractivity contribution in [3.63, 3.8) is 0 Å². The van der Waals surface area contributed by atoms with Gasteiger partial charge in [0.25, 0.3) is 5.56 Å². The first-order valence-electron chi connectivity index (χ1n) is 8.78. The van der Waals surface area contributed by atoms with Gasteiger partial charge in [0.15, 0.2) is 0 Å². The van der Waals surface area contributed by atoms with Crippen molar-refractivity contribution in [2.75, 3.05) is 38.5 Å². The Morgan fingerprint density at radius 1 is 1.16 bits per heavy atom. The second-order valence-corrected chi connectivity index (χ2v) is 7.74. The van der Waals surface area contributed by atoms with Crippen molar-refractivity contribution in [3.05, 3.63) is 45.7 Å². The number of rotatable bonds is 5. The number of hydrogen-bond donors (Lipinski definition) is 0. The van der Waals surface area contributed by atoms with Gasteiger partial charge in [-0.3, -0.25) is 14.6 Å². The number of aromatic nitrogens is 3. The van der Waals surface area contributed by atoms with Crippen LogP contribution in [-0.4, -0.2) is 63.2 Å². The minimum absolute atomic E-state index is 0.0346. The Morgan fingerprint density at radius 2 is 2.00 bits per heavy atom. The van der Waals surface area contributed by atoms with E-state index in [2.05, 4.69) is 20.1 Å². The molecule has 2 aromatic rings. The lowest BCUT2D eigenvalue weighted by molar-refractivity contribution is 0.122. The lowest BCUT2D eigenvalue weighted by atomic mass is 10.2. The number of thioether (sulfide) groups is 1. The van der Waals surface area contributed by atoms with Gasteiger partial charge in [-0.25, -0.2) is 4.68 Å². The molecule has 0 amide bonds. The van der Waals surface area contributed by atoms with Gasteiger partial charge >= 0.3 is 0 Å². The predicted octanol–water partition coefficient (Wildman–Crippen LogP) is 0.838. The van der Waals surface area contributed by atoms with Gasteiger partial charge in [-0.2, -0.15) is 16.9 Å². The van der Waals surface area contributed by atoms with Gasteiger partial charge in [0, 0.05) is 63.1 Å². The Bertz CT molecular complexity index is 753. The molecule has 134 valence electrons. The standard InChI is InChI=1S/C17H23N5O2S/c23-17-9-15-13-25-8-1-16(15)19-22(17)7-6-20-2-4-21(5-3-20)11-14-10-18-24-12-14/h9-10,12H,1-8,11,13H2. The van der Waals surface area contributed by atoms with Crippen molar-refractivity contribution < 1.29 is 4.52 Å². The monoisotopic (exact) mass is 361 g/mol. The Morgan fingerprint density at radius 3 is 2.80 bits per heavy atom. The van der Waals surface area contributed by atoms with Gasteiger partial charge in [-0.05, 0) is 11.3 Å². The molecule has 0 spiro atoms. The highest BCUT2D eigenvalue weighted by molar-refractivity contribution is 7.98. The maximum absolute atomic E-state index is 12.2. The highest BCUT2D eigenvalue weighted by atomic mass is 32.2. The van der Waals surface area contributed by atoms with E-state index in [9.17, 15) is 4.79 Å². The summed E-state index contributed by atoms with van der Waals surface area (Å²) < 4.78 is 6.54. The first-order chi connectivity index (χ1) is 12.3. The number of hydrogen-bond acceptors (Lipinski definition) is 7. The van der Waals surface area contributed by atoms with E-state index in [1.165, 1.54) is 0 Å². The molecule has 0 unspecified atom stereocenters. The van der Waals surface area contributed by atoms with E-state index in [0.717, 1.165) is 74.0 Å². The van der Waals surface area contributed by atoms with Crippen LogP contribution in [-0.2, 0) is 25.3 Å². The quantitative estimate of drug-likeness (QED) is 0.782. The molecule has 0 atom stereocenters. The fraction of sp³-hybridized carbons (Fsp3) is 0.588. The topological polar surface area (TPSA) is 67.4 Å². The van der Waals surface area contributed by atoms with E-state index < -0.39 is 0 Å². The fourth-order valence-corrected chi connectivity index (χ4v) is 4.33. The molecule has 2 aliphatic heterocycles. The summed E-state index contributed by atoms with van der Waals surface area (Å²) in [5.74, 6) is 2.03. The molecule has 4 heterocycles.